The smallest absolute Gasteiger partial charge is 0.336 e. The number of hydrogen-bond acceptors (Lipinski definition) is 8. The molecule has 0 saturated heterocycles. The third-order valence-corrected chi connectivity index (χ3v) is 5.62. The van der Waals surface area contributed by atoms with E-state index in [0.717, 1.165) is 0 Å². The normalized spacial score (nSPS) is 12.0. The standard InChI is InChI=1S/C17H20N4O7S/c1-9-6-5-7-11(15(22)23)14(9)10(2)29(25,26)21-17(24)20-16-18-12(27-3)8-13(19-16)28-4/h5-8,10H,1-4H3,(H,22,23)(H2,18,19,20,21,24). The lowest BCUT2D eigenvalue weighted by molar-refractivity contribution is 0.0695. The second-order valence-electron chi connectivity index (χ2n) is 5.86. The van der Waals surface area contributed by atoms with Gasteiger partial charge in [0.25, 0.3) is 0 Å². The summed E-state index contributed by atoms with van der Waals surface area (Å²) in [5.74, 6) is -1.33. The summed E-state index contributed by atoms with van der Waals surface area (Å²) in [5.41, 5.74) is 0.382. The van der Waals surface area contributed by atoms with Gasteiger partial charge in [-0.1, -0.05) is 12.1 Å². The van der Waals surface area contributed by atoms with Crippen LogP contribution in [0.3, 0.4) is 0 Å². The summed E-state index contributed by atoms with van der Waals surface area (Å²) in [6.07, 6.45) is 0. The third-order valence-electron chi connectivity index (χ3n) is 3.98. The number of carboxylic acid groups (broad SMARTS) is 1. The highest BCUT2D eigenvalue weighted by Crippen LogP contribution is 2.28. The number of methoxy groups -OCH3 is 2. The summed E-state index contributed by atoms with van der Waals surface area (Å²) in [6.45, 7) is 2.87. The van der Waals surface area contributed by atoms with Crippen LogP contribution in [0, 0.1) is 6.92 Å². The van der Waals surface area contributed by atoms with Crippen LogP contribution in [0.25, 0.3) is 0 Å². The number of aromatic carboxylic acids is 1. The molecule has 1 unspecified atom stereocenters. The van der Waals surface area contributed by atoms with Crippen molar-refractivity contribution < 1.29 is 32.6 Å². The number of urea groups is 1. The van der Waals surface area contributed by atoms with E-state index in [4.69, 9.17) is 9.47 Å². The number of anilines is 1. The Morgan fingerprint density at radius 2 is 1.72 bits per heavy atom. The Balaban J connectivity index is 2.26. The van der Waals surface area contributed by atoms with Crippen molar-refractivity contribution in [3.05, 3.63) is 41.0 Å². The molecule has 2 aromatic rings. The first-order valence-corrected chi connectivity index (χ1v) is 9.76. The molecule has 1 aromatic carbocycles. The molecule has 11 nitrogen and oxygen atoms in total. The Labute approximate surface area is 167 Å². The van der Waals surface area contributed by atoms with E-state index in [-0.39, 0.29) is 28.8 Å². The molecule has 0 fully saturated rings. The maximum absolute atomic E-state index is 12.6. The second-order valence-corrected chi connectivity index (χ2v) is 7.86. The van der Waals surface area contributed by atoms with Crippen molar-refractivity contribution in [3.63, 3.8) is 0 Å². The first-order chi connectivity index (χ1) is 13.6. The number of amides is 2. The predicted octanol–water partition coefficient (Wildman–Crippen LogP) is 1.71. The van der Waals surface area contributed by atoms with E-state index in [1.807, 2.05) is 4.72 Å². The van der Waals surface area contributed by atoms with Crippen molar-refractivity contribution >= 4 is 28.0 Å². The number of benzene rings is 1. The van der Waals surface area contributed by atoms with Gasteiger partial charge in [0.1, 0.15) is 5.25 Å². The number of nitrogens with zero attached hydrogens (tertiary/aromatic N) is 2. The lowest BCUT2D eigenvalue weighted by atomic mass is 9.99. The molecule has 29 heavy (non-hydrogen) atoms. The molecule has 3 N–H and O–H groups in total. The number of carboxylic acids is 1. The minimum atomic E-state index is -4.29. The molecule has 0 aliphatic heterocycles. The van der Waals surface area contributed by atoms with Gasteiger partial charge in [0.15, 0.2) is 0 Å². The quantitative estimate of drug-likeness (QED) is 0.602. The van der Waals surface area contributed by atoms with Crippen LogP contribution in [-0.4, -0.2) is 49.7 Å². The fourth-order valence-electron chi connectivity index (χ4n) is 2.58. The highest BCUT2D eigenvalue weighted by atomic mass is 32.2. The van der Waals surface area contributed by atoms with Crippen molar-refractivity contribution in [1.82, 2.24) is 14.7 Å². The largest absolute Gasteiger partial charge is 0.481 e. The number of ether oxygens (including phenoxy) is 2. The Hall–Kier alpha value is -3.41. The van der Waals surface area contributed by atoms with Crippen LogP contribution < -0.4 is 19.5 Å². The third kappa shape index (κ3) is 5.10. The number of nitrogens with one attached hydrogen (secondary N) is 2. The lowest BCUT2D eigenvalue weighted by Crippen LogP contribution is -2.37. The summed E-state index contributed by atoms with van der Waals surface area (Å²) in [7, 11) is -1.59. The van der Waals surface area contributed by atoms with Gasteiger partial charge in [-0.2, -0.15) is 9.97 Å². The van der Waals surface area contributed by atoms with Gasteiger partial charge in [-0.15, -0.1) is 0 Å². The van der Waals surface area contributed by atoms with Crippen molar-refractivity contribution in [3.8, 4) is 11.8 Å². The van der Waals surface area contributed by atoms with E-state index in [9.17, 15) is 23.1 Å². The molecule has 2 rings (SSSR count). The molecule has 156 valence electrons. The van der Waals surface area contributed by atoms with Gasteiger partial charge >= 0.3 is 12.0 Å². The highest BCUT2D eigenvalue weighted by molar-refractivity contribution is 7.90. The average molecular weight is 424 g/mol. The Morgan fingerprint density at radius 3 is 2.24 bits per heavy atom. The number of aryl methyl sites for hydroxylation is 1. The number of hydrogen-bond donors (Lipinski definition) is 3. The van der Waals surface area contributed by atoms with Crippen LogP contribution in [0.1, 0.15) is 33.7 Å². The van der Waals surface area contributed by atoms with Crippen LogP contribution >= 0.6 is 0 Å². The first-order valence-electron chi connectivity index (χ1n) is 8.21. The SMILES string of the molecule is COc1cc(OC)nc(NC(=O)NS(=O)(=O)C(C)c2c(C)cccc2C(=O)O)n1. The van der Waals surface area contributed by atoms with E-state index in [2.05, 4.69) is 15.3 Å². The monoisotopic (exact) mass is 424 g/mol. The molecule has 0 saturated carbocycles. The molecular formula is C17H20N4O7S. The summed E-state index contributed by atoms with van der Waals surface area (Å²) >= 11 is 0. The van der Waals surface area contributed by atoms with Crippen molar-refractivity contribution in [2.75, 3.05) is 19.5 Å². The van der Waals surface area contributed by atoms with Gasteiger partial charge in [-0.3, -0.25) is 5.32 Å². The van der Waals surface area contributed by atoms with Crippen LogP contribution in [0.5, 0.6) is 11.8 Å². The van der Waals surface area contributed by atoms with Crippen LogP contribution in [-0.2, 0) is 10.0 Å². The number of rotatable bonds is 7. The summed E-state index contributed by atoms with van der Waals surface area (Å²) in [4.78, 5) is 31.4. The van der Waals surface area contributed by atoms with E-state index >= 15 is 0 Å². The topological polar surface area (TPSA) is 157 Å². The summed E-state index contributed by atoms with van der Waals surface area (Å²) in [5, 5.41) is 10.2. The fourth-order valence-corrected chi connectivity index (χ4v) is 3.68. The van der Waals surface area contributed by atoms with Crippen LogP contribution in [0.4, 0.5) is 10.7 Å². The summed E-state index contributed by atoms with van der Waals surface area (Å²) < 4.78 is 37.0. The molecule has 0 radical (unpaired) electrons. The number of carbonyl (C=O) groups excluding carboxylic acids is 1. The zero-order chi connectivity index (χ0) is 21.8. The summed E-state index contributed by atoms with van der Waals surface area (Å²) in [6, 6.07) is 4.64. The number of aromatic nitrogens is 2. The Kier molecular flexibility index (Phi) is 6.59. The fraction of sp³-hybridized carbons (Fsp3) is 0.294. The van der Waals surface area contributed by atoms with Gasteiger partial charge in [-0.25, -0.2) is 22.7 Å². The molecule has 0 bridgehead atoms. The average Bonchev–Trinajstić information content (AvgIpc) is 2.66. The lowest BCUT2D eigenvalue weighted by Gasteiger charge is -2.18. The predicted molar refractivity (Wildman–Crippen MR) is 103 cm³/mol. The van der Waals surface area contributed by atoms with E-state index in [1.165, 1.54) is 39.3 Å². The molecule has 1 heterocycles. The van der Waals surface area contributed by atoms with Gasteiger partial charge in [0.2, 0.25) is 27.7 Å². The zero-order valence-corrected chi connectivity index (χ0v) is 16.9. The minimum absolute atomic E-state index is 0.0830. The van der Waals surface area contributed by atoms with Crippen molar-refractivity contribution in [1.29, 1.82) is 0 Å². The molecular weight excluding hydrogens is 404 g/mol. The number of carbonyl (C=O) groups is 2. The minimum Gasteiger partial charge on any atom is -0.481 e. The molecule has 12 heteroatoms. The molecule has 1 atom stereocenters. The van der Waals surface area contributed by atoms with E-state index < -0.39 is 27.3 Å². The van der Waals surface area contributed by atoms with E-state index in [0.29, 0.717) is 5.56 Å². The van der Waals surface area contributed by atoms with Gasteiger partial charge in [0, 0.05) is 0 Å². The second kappa shape index (κ2) is 8.73. The van der Waals surface area contributed by atoms with Crippen molar-refractivity contribution in [2.24, 2.45) is 0 Å². The highest BCUT2D eigenvalue weighted by Gasteiger charge is 2.30. The molecule has 0 aliphatic rings. The molecule has 1 aromatic heterocycles. The van der Waals surface area contributed by atoms with Gasteiger partial charge in [0.05, 0.1) is 25.8 Å². The molecule has 0 spiro atoms. The van der Waals surface area contributed by atoms with Gasteiger partial charge in [-0.05, 0) is 31.0 Å². The van der Waals surface area contributed by atoms with Crippen LogP contribution in [0.2, 0.25) is 0 Å². The van der Waals surface area contributed by atoms with E-state index in [1.54, 1.807) is 13.0 Å². The first kappa shape index (κ1) is 21.9. The Morgan fingerprint density at radius 1 is 1.14 bits per heavy atom. The van der Waals surface area contributed by atoms with Crippen LogP contribution in [0.15, 0.2) is 24.3 Å². The molecule has 0 aliphatic carbocycles. The molecule has 2 amide bonds. The van der Waals surface area contributed by atoms with Crippen molar-refractivity contribution in [2.45, 2.75) is 19.1 Å². The maximum Gasteiger partial charge on any atom is 0.336 e. The maximum atomic E-state index is 12.6. The zero-order valence-electron chi connectivity index (χ0n) is 16.1. The number of sulfonamides is 1. The van der Waals surface area contributed by atoms with Gasteiger partial charge < -0.3 is 14.6 Å². The Bertz CT molecular complexity index is 1020.